The van der Waals surface area contributed by atoms with Crippen LogP contribution in [0.25, 0.3) is 0 Å². The monoisotopic (exact) mass is 304 g/mol. The first kappa shape index (κ1) is 15.6. The van der Waals surface area contributed by atoms with E-state index in [-0.39, 0.29) is 5.60 Å². The summed E-state index contributed by atoms with van der Waals surface area (Å²) < 4.78 is 12.2. The van der Waals surface area contributed by atoms with Gasteiger partial charge in [-0.15, -0.1) is 0 Å². The number of nitrogens with two attached hydrogens (primary N) is 1. The second-order valence-corrected chi connectivity index (χ2v) is 7.07. The standard InChI is InChI=1S/C18H28N2O2/c1-14(2)12-21-16-3-4-17-15(11-16)5-6-18(22-17)7-9-20(13-18)10-8-19/h3-4,11,14H,5-10,12-13,19H2,1-2H3. The molecule has 4 heteroatoms. The number of ether oxygens (including phenoxy) is 2. The normalized spacial score (nSPS) is 24.5. The summed E-state index contributed by atoms with van der Waals surface area (Å²) in [6.07, 6.45) is 3.28. The summed E-state index contributed by atoms with van der Waals surface area (Å²) in [4.78, 5) is 2.42. The fourth-order valence-electron chi connectivity index (χ4n) is 3.44. The molecule has 22 heavy (non-hydrogen) atoms. The molecule has 4 nitrogen and oxygen atoms in total. The molecule has 0 bridgehead atoms. The zero-order chi connectivity index (χ0) is 15.6. The van der Waals surface area contributed by atoms with Crippen LogP contribution in [0.4, 0.5) is 0 Å². The zero-order valence-corrected chi connectivity index (χ0v) is 13.8. The van der Waals surface area contributed by atoms with Crippen LogP contribution in [0.3, 0.4) is 0 Å². The van der Waals surface area contributed by atoms with Gasteiger partial charge in [0.15, 0.2) is 0 Å². The first-order valence-corrected chi connectivity index (χ1v) is 8.47. The van der Waals surface area contributed by atoms with Gasteiger partial charge in [-0.05, 0) is 42.5 Å². The van der Waals surface area contributed by atoms with E-state index in [9.17, 15) is 0 Å². The van der Waals surface area contributed by atoms with Gasteiger partial charge in [0.25, 0.3) is 0 Å². The maximum atomic E-state index is 6.40. The van der Waals surface area contributed by atoms with Crippen molar-refractivity contribution >= 4 is 0 Å². The lowest BCUT2D eigenvalue weighted by molar-refractivity contribution is 0.0547. The quantitative estimate of drug-likeness (QED) is 0.908. The van der Waals surface area contributed by atoms with Crippen molar-refractivity contribution in [1.29, 1.82) is 0 Å². The van der Waals surface area contributed by atoms with Crippen LogP contribution in [0, 0.1) is 5.92 Å². The minimum absolute atomic E-state index is 0.00246. The molecule has 0 amide bonds. The van der Waals surface area contributed by atoms with Crippen LogP contribution in [-0.2, 0) is 6.42 Å². The molecule has 2 aliphatic heterocycles. The summed E-state index contributed by atoms with van der Waals surface area (Å²) in [5.41, 5.74) is 6.96. The average molecular weight is 304 g/mol. The third-order valence-electron chi connectivity index (χ3n) is 4.63. The van der Waals surface area contributed by atoms with E-state index in [2.05, 4.69) is 30.9 Å². The Balaban J connectivity index is 1.67. The third kappa shape index (κ3) is 3.39. The first-order valence-electron chi connectivity index (χ1n) is 8.47. The molecule has 2 aliphatic rings. The molecule has 1 aromatic rings. The summed E-state index contributed by atoms with van der Waals surface area (Å²) in [5, 5.41) is 0. The van der Waals surface area contributed by atoms with Crippen LogP contribution in [0.2, 0.25) is 0 Å². The van der Waals surface area contributed by atoms with Crippen molar-refractivity contribution in [1.82, 2.24) is 4.90 Å². The molecule has 2 N–H and O–H groups in total. The number of likely N-dealkylation sites (tertiary alicyclic amines) is 1. The van der Waals surface area contributed by atoms with Gasteiger partial charge in [-0.25, -0.2) is 0 Å². The van der Waals surface area contributed by atoms with E-state index in [1.54, 1.807) is 0 Å². The fraction of sp³-hybridized carbons (Fsp3) is 0.667. The predicted molar refractivity (Wildman–Crippen MR) is 88.6 cm³/mol. The largest absolute Gasteiger partial charge is 0.493 e. The lowest BCUT2D eigenvalue weighted by atomic mass is 9.90. The summed E-state index contributed by atoms with van der Waals surface area (Å²) in [6, 6.07) is 6.27. The Morgan fingerprint density at radius 1 is 1.36 bits per heavy atom. The van der Waals surface area contributed by atoms with E-state index in [1.807, 2.05) is 6.07 Å². The maximum absolute atomic E-state index is 6.40. The van der Waals surface area contributed by atoms with Crippen LogP contribution in [0.1, 0.15) is 32.3 Å². The van der Waals surface area contributed by atoms with E-state index in [0.29, 0.717) is 5.92 Å². The summed E-state index contributed by atoms with van der Waals surface area (Å²) in [7, 11) is 0. The number of aryl methyl sites for hydroxylation is 1. The molecule has 0 aliphatic carbocycles. The molecule has 3 rings (SSSR count). The minimum Gasteiger partial charge on any atom is -0.493 e. The fourth-order valence-corrected chi connectivity index (χ4v) is 3.44. The van der Waals surface area contributed by atoms with Gasteiger partial charge in [-0.2, -0.15) is 0 Å². The Hall–Kier alpha value is -1.26. The number of hydrogen-bond acceptors (Lipinski definition) is 4. The summed E-state index contributed by atoms with van der Waals surface area (Å²) in [5.74, 6) is 2.54. The lowest BCUT2D eigenvalue weighted by Crippen LogP contribution is -2.42. The van der Waals surface area contributed by atoms with Gasteiger partial charge in [0.1, 0.15) is 17.1 Å². The topological polar surface area (TPSA) is 47.7 Å². The SMILES string of the molecule is CC(C)COc1ccc2c(c1)CCC1(CCN(CCN)C1)O2. The van der Waals surface area contributed by atoms with Crippen LogP contribution in [0.15, 0.2) is 18.2 Å². The highest BCUT2D eigenvalue weighted by molar-refractivity contribution is 5.42. The smallest absolute Gasteiger partial charge is 0.123 e. The molecule has 1 spiro atoms. The van der Waals surface area contributed by atoms with Crippen molar-refractivity contribution in [3.63, 3.8) is 0 Å². The van der Waals surface area contributed by atoms with Gasteiger partial charge in [0, 0.05) is 32.6 Å². The first-order chi connectivity index (χ1) is 10.6. The molecule has 1 unspecified atom stereocenters. The number of rotatable bonds is 5. The van der Waals surface area contributed by atoms with Gasteiger partial charge in [-0.3, -0.25) is 4.90 Å². The van der Waals surface area contributed by atoms with E-state index < -0.39 is 0 Å². The van der Waals surface area contributed by atoms with Crippen molar-refractivity contribution in [2.75, 3.05) is 32.8 Å². The number of fused-ring (bicyclic) bond motifs is 1. The Kier molecular flexibility index (Phi) is 4.59. The van der Waals surface area contributed by atoms with Crippen molar-refractivity contribution in [3.05, 3.63) is 23.8 Å². The Morgan fingerprint density at radius 2 is 2.23 bits per heavy atom. The highest BCUT2D eigenvalue weighted by Crippen LogP contribution is 2.39. The molecule has 0 saturated carbocycles. The van der Waals surface area contributed by atoms with Crippen molar-refractivity contribution in [2.24, 2.45) is 11.7 Å². The van der Waals surface area contributed by atoms with Gasteiger partial charge >= 0.3 is 0 Å². The molecular formula is C18H28N2O2. The second-order valence-electron chi connectivity index (χ2n) is 7.07. The van der Waals surface area contributed by atoms with Crippen molar-refractivity contribution < 1.29 is 9.47 Å². The Labute approximate surface area is 133 Å². The van der Waals surface area contributed by atoms with E-state index in [0.717, 1.165) is 63.5 Å². The summed E-state index contributed by atoms with van der Waals surface area (Å²) in [6.45, 7) is 8.90. The number of nitrogens with zero attached hydrogens (tertiary/aromatic N) is 1. The van der Waals surface area contributed by atoms with E-state index in [1.165, 1.54) is 5.56 Å². The second kappa shape index (κ2) is 6.47. The van der Waals surface area contributed by atoms with Gasteiger partial charge in [0.2, 0.25) is 0 Å². The van der Waals surface area contributed by atoms with Crippen molar-refractivity contribution in [2.45, 2.75) is 38.7 Å². The lowest BCUT2D eigenvalue weighted by Gasteiger charge is -2.36. The van der Waals surface area contributed by atoms with Crippen LogP contribution in [-0.4, -0.2) is 43.3 Å². The van der Waals surface area contributed by atoms with Gasteiger partial charge in [0.05, 0.1) is 6.61 Å². The molecular weight excluding hydrogens is 276 g/mol. The highest BCUT2D eigenvalue weighted by atomic mass is 16.5. The zero-order valence-electron chi connectivity index (χ0n) is 13.8. The average Bonchev–Trinajstić information content (AvgIpc) is 2.88. The molecule has 0 aromatic heterocycles. The molecule has 1 saturated heterocycles. The molecule has 2 heterocycles. The van der Waals surface area contributed by atoms with Crippen LogP contribution in [0.5, 0.6) is 11.5 Å². The molecule has 1 fully saturated rings. The van der Waals surface area contributed by atoms with Crippen LogP contribution < -0.4 is 15.2 Å². The van der Waals surface area contributed by atoms with E-state index >= 15 is 0 Å². The van der Waals surface area contributed by atoms with Crippen LogP contribution >= 0.6 is 0 Å². The molecule has 1 atom stereocenters. The number of hydrogen-bond donors (Lipinski definition) is 1. The maximum Gasteiger partial charge on any atom is 0.123 e. The van der Waals surface area contributed by atoms with E-state index in [4.69, 9.17) is 15.2 Å². The highest BCUT2D eigenvalue weighted by Gasteiger charge is 2.42. The molecule has 1 aromatic carbocycles. The van der Waals surface area contributed by atoms with Crippen molar-refractivity contribution in [3.8, 4) is 11.5 Å². The van der Waals surface area contributed by atoms with Gasteiger partial charge < -0.3 is 15.2 Å². The Morgan fingerprint density at radius 3 is 3.00 bits per heavy atom. The molecule has 122 valence electrons. The Bertz CT molecular complexity index is 518. The molecule has 0 radical (unpaired) electrons. The van der Waals surface area contributed by atoms with Gasteiger partial charge in [-0.1, -0.05) is 13.8 Å². The predicted octanol–water partition coefficient (Wildman–Crippen LogP) is 2.45. The summed E-state index contributed by atoms with van der Waals surface area (Å²) >= 11 is 0. The minimum atomic E-state index is 0.00246. The number of benzene rings is 1. The third-order valence-corrected chi connectivity index (χ3v) is 4.63.